The minimum Gasteiger partial charge on any atom is -0.225 e. The van der Waals surface area contributed by atoms with Gasteiger partial charge < -0.3 is 0 Å². The van der Waals surface area contributed by atoms with Crippen LogP contribution in [0, 0.1) is 6.92 Å². The van der Waals surface area contributed by atoms with E-state index in [1.165, 1.54) is 17.6 Å². The highest BCUT2D eigenvalue weighted by atomic mass is 32.2. The number of fused-ring (bicyclic) bond motifs is 1. The Morgan fingerprint density at radius 1 is 1.36 bits per heavy atom. The molecule has 0 aliphatic carbocycles. The van der Waals surface area contributed by atoms with Crippen molar-refractivity contribution in [1.29, 1.82) is 0 Å². The van der Waals surface area contributed by atoms with Crippen molar-refractivity contribution in [2.24, 2.45) is 0 Å². The summed E-state index contributed by atoms with van der Waals surface area (Å²) in [6.07, 6.45) is 1.18. The van der Waals surface area contributed by atoms with Gasteiger partial charge in [0.15, 0.2) is 0 Å². The number of thiazole rings is 1. The monoisotopic (exact) mass is 227 g/mol. The number of hydrogen-bond donors (Lipinski definition) is 0. The topological polar surface area (TPSA) is 47.0 Å². The van der Waals surface area contributed by atoms with Gasteiger partial charge in [0.2, 0.25) is 14.2 Å². The maximum Gasteiger partial charge on any atom is 0.210 e. The minimum absolute atomic E-state index is 0.193. The fourth-order valence-corrected chi connectivity index (χ4v) is 3.10. The van der Waals surface area contributed by atoms with Crippen molar-refractivity contribution in [1.82, 2.24) is 4.98 Å². The van der Waals surface area contributed by atoms with Gasteiger partial charge in [0.25, 0.3) is 0 Å². The number of hydrogen-bond acceptors (Lipinski definition) is 4. The summed E-state index contributed by atoms with van der Waals surface area (Å²) >= 11 is 1.22. The third-order valence-corrected chi connectivity index (χ3v) is 4.54. The first kappa shape index (κ1) is 9.61. The van der Waals surface area contributed by atoms with Gasteiger partial charge in [0, 0.05) is 6.26 Å². The molecule has 1 aromatic carbocycles. The van der Waals surface area contributed by atoms with Crippen LogP contribution in [0.4, 0.5) is 0 Å². The molecule has 0 radical (unpaired) electrons. The number of aromatic nitrogens is 1. The zero-order valence-electron chi connectivity index (χ0n) is 7.81. The Morgan fingerprint density at radius 3 is 2.71 bits per heavy atom. The van der Waals surface area contributed by atoms with Gasteiger partial charge in [-0.2, -0.15) is 0 Å². The molecule has 0 saturated heterocycles. The predicted octanol–water partition coefficient (Wildman–Crippen LogP) is 2.01. The summed E-state index contributed by atoms with van der Waals surface area (Å²) in [5.74, 6) is 0. The van der Waals surface area contributed by atoms with Gasteiger partial charge in [-0.15, -0.1) is 11.3 Å². The molecular weight excluding hydrogens is 218 g/mol. The van der Waals surface area contributed by atoms with Gasteiger partial charge in [0.05, 0.1) is 10.2 Å². The van der Waals surface area contributed by atoms with Gasteiger partial charge >= 0.3 is 0 Å². The molecule has 0 bridgehead atoms. The van der Waals surface area contributed by atoms with E-state index in [2.05, 4.69) is 4.98 Å². The first-order chi connectivity index (χ1) is 6.47. The van der Waals surface area contributed by atoms with Crippen molar-refractivity contribution >= 4 is 31.4 Å². The number of rotatable bonds is 1. The van der Waals surface area contributed by atoms with Crippen molar-refractivity contribution in [3.8, 4) is 0 Å². The van der Waals surface area contributed by atoms with Gasteiger partial charge in [-0.25, -0.2) is 13.4 Å². The molecule has 1 heterocycles. The van der Waals surface area contributed by atoms with Crippen molar-refractivity contribution < 1.29 is 8.42 Å². The first-order valence-corrected chi connectivity index (χ1v) is 6.75. The number of aryl methyl sites for hydroxylation is 1. The fourth-order valence-electron chi connectivity index (χ4n) is 1.17. The Kier molecular flexibility index (Phi) is 2.08. The Hall–Kier alpha value is -0.940. The number of sulfone groups is 1. The molecule has 0 fully saturated rings. The average molecular weight is 227 g/mol. The molecular formula is C9H9NO2S2. The molecule has 5 heteroatoms. The zero-order chi connectivity index (χ0) is 10.3. The number of benzene rings is 1. The summed E-state index contributed by atoms with van der Waals surface area (Å²) in [5.41, 5.74) is 1.86. The molecule has 3 nitrogen and oxygen atoms in total. The van der Waals surface area contributed by atoms with Crippen LogP contribution in [0.15, 0.2) is 22.5 Å². The van der Waals surface area contributed by atoms with Crippen LogP contribution in [0.2, 0.25) is 0 Å². The van der Waals surface area contributed by atoms with Gasteiger partial charge in [-0.3, -0.25) is 0 Å². The largest absolute Gasteiger partial charge is 0.225 e. The summed E-state index contributed by atoms with van der Waals surface area (Å²) in [4.78, 5) is 4.06. The standard InChI is InChI=1S/C9H9NO2S2/c1-6-3-4-7-8(5-6)13-9(10-7)14(2,11)12/h3-5H,1-2H3. The van der Waals surface area contributed by atoms with Crippen molar-refractivity contribution in [2.45, 2.75) is 11.3 Å². The van der Waals surface area contributed by atoms with E-state index in [0.29, 0.717) is 0 Å². The van der Waals surface area contributed by atoms with E-state index in [-0.39, 0.29) is 4.34 Å². The summed E-state index contributed by atoms with van der Waals surface area (Å²) in [6, 6.07) is 5.71. The lowest BCUT2D eigenvalue weighted by atomic mass is 10.2. The van der Waals surface area contributed by atoms with E-state index >= 15 is 0 Å². The van der Waals surface area contributed by atoms with Crippen LogP contribution in [0.25, 0.3) is 10.2 Å². The summed E-state index contributed by atoms with van der Waals surface area (Å²) in [7, 11) is -3.17. The maximum atomic E-state index is 11.2. The molecule has 0 aliphatic heterocycles. The summed E-state index contributed by atoms with van der Waals surface area (Å²) < 4.78 is 23.6. The zero-order valence-corrected chi connectivity index (χ0v) is 9.45. The van der Waals surface area contributed by atoms with Gasteiger partial charge in [-0.05, 0) is 24.6 Å². The molecule has 0 atom stereocenters. The summed E-state index contributed by atoms with van der Waals surface area (Å²) in [5, 5.41) is 0. The second-order valence-corrected chi connectivity index (χ2v) is 6.44. The molecule has 0 unspecified atom stereocenters. The van der Waals surface area contributed by atoms with Crippen LogP contribution in [0.1, 0.15) is 5.56 Å². The van der Waals surface area contributed by atoms with Crippen molar-refractivity contribution in [3.05, 3.63) is 23.8 Å². The average Bonchev–Trinajstić information content (AvgIpc) is 2.45. The molecule has 2 rings (SSSR count). The van der Waals surface area contributed by atoms with Crippen LogP contribution in [-0.2, 0) is 9.84 Å². The molecule has 0 aliphatic rings. The normalized spacial score (nSPS) is 12.1. The molecule has 2 aromatic rings. The molecule has 0 spiro atoms. The summed E-state index contributed by atoms with van der Waals surface area (Å²) in [6.45, 7) is 1.97. The molecule has 74 valence electrons. The third-order valence-electron chi connectivity index (χ3n) is 1.84. The molecule has 1 aromatic heterocycles. The van der Waals surface area contributed by atoms with Crippen LogP contribution < -0.4 is 0 Å². The first-order valence-electron chi connectivity index (χ1n) is 4.04. The molecule has 0 saturated carbocycles. The van der Waals surface area contributed by atoms with Gasteiger partial charge in [-0.1, -0.05) is 6.07 Å². The number of nitrogens with zero attached hydrogens (tertiary/aromatic N) is 1. The second-order valence-electron chi connectivity index (χ2n) is 3.22. The second kappa shape index (κ2) is 3.03. The highest BCUT2D eigenvalue weighted by Crippen LogP contribution is 2.25. The fraction of sp³-hybridized carbons (Fsp3) is 0.222. The Bertz CT molecular complexity index is 584. The van der Waals surface area contributed by atoms with Crippen LogP contribution in [0.5, 0.6) is 0 Å². The van der Waals surface area contributed by atoms with E-state index in [1.807, 2.05) is 25.1 Å². The third kappa shape index (κ3) is 1.65. The van der Waals surface area contributed by atoms with Crippen LogP contribution in [0.3, 0.4) is 0 Å². The van der Waals surface area contributed by atoms with E-state index in [9.17, 15) is 8.42 Å². The molecule has 14 heavy (non-hydrogen) atoms. The maximum absolute atomic E-state index is 11.2. The SMILES string of the molecule is Cc1ccc2nc(S(C)(=O)=O)sc2c1. The van der Waals surface area contributed by atoms with E-state index in [0.717, 1.165) is 15.8 Å². The van der Waals surface area contributed by atoms with E-state index < -0.39 is 9.84 Å². The Morgan fingerprint density at radius 2 is 2.07 bits per heavy atom. The predicted molar refractivity (Wildman–Crippen MR) is 57.5 cm³/mol. The quantitative estimate of drug-likeness (QED) is 0.748. The lowest BCUT2D eigenvalue weighted by Crippen LogP contribution is -1.94. The van der Waals surface area contributed by atoms with E-state index in [1.54, 1.807) is 0 Å². The highest BCUT2D eigenvalue weighted by Gasteiger charge is 2.13. The van der Waals surface area contributed by atoms with Crippen LogP contribution >= 0.6 is 11.3 Å². The Labute approximate surface area is 86.3 Å². The molecule has 0 amide bonds. The van der Waals surface area contributed by atoms with Crippen molar-refractivity contribution in [2.75, 3.05) is 6.26 Å². The van der Waals surface area contributed by atoms with E-state index in [4.69, 9.17) is 0 Å². The lowest BCUT2D eigenvalue weighted by Gasteiger charge is -1.88. The van der Waals surface area contributed by atoms with Gasteiger partial charge in [0.1, 0.15) is 0 Å². The Balaban J connectivity index is 2.75. The smallest absolute Gasteiger partial charge is 0.210 e. The lowest BCUT2D eigenvalue weighted by molar-refractivity contribution is 0.601. The van der Waals surface area contributed by atoms with Crippen LogP contribution in [-0.4, -0.2) is 19.7 Å². The highest BCUT2D eigenvalue weighted by molar-refractivity contribution is 7.92. The minimum atomic E-state index is -3.17. The van der Waals surface area contributed by atoms with Crippen molar-refractivity contribution in [3.63, 3.8) is 0 Å². The molecule has 0 N–H and O–H groups in total.